The molecule has 6 rings (SSSR count). The van der Waals surface area contributed by atoms with Gasteiger partial charge in [-0.25, -0.2) is 22.0 Å². The summed E-state index contributed by atoms with van der Waals surface area (Å²) in [7, 11) is 2.05. The Balaban J connectivity index is 1.20. The first-order valence-corrected chi connectivity index (χ1v) is 17.1. The van der Waals surface area contributed by atoms with Gasteiger partial charge >= 0.3 is 0 Å². The molecule has 1 aliphatic heterocycles. The van der Waals surface area contributed by atoms with E-state index < -0.39 is 46.8 Å². The number of amides is 1. The molecule has 1 aromatic heterocycles. The number of halogens is 5. The number of nitrogens with zero attached hydrogens (tertiary/aromatic N) is 2. The Hall–Kier alpha value is -5.01. The molecule has 7 nitrogen and oxygen atoms in total. The van der Waals surface area contributed by atoms with Crippen LogP contribution in [0.5, 0.6) is 0 Å². The van der Waals surface area contributed by atoms with Crippen LogP contribution in [0.4, 0.5) is 22.0 Å². The number of carbonyl (C=O) groups excluding carboxylic acids is 1. The van der Waals surface area contributed by atoms with Crippen molar-refractivity contribution in [2.75, 3.05) is 20.1 Å². The van der Waals surface area contributed by atoms with E-state index in [1.54, 1.807) is 24.4 Å². The van der Waals surface area contributed by atoms with Crippen LogP contribution in [0.1, 0.15) is 57.6 Å². The fourth-order valence-electron chi connectivity index (χ4n) is 6.38. The van der Waals surface area contributed by atoms with Gasteiger partial charge in [-0.3, -0.25) is 9.78 Å². The first-order chi connectivity index (χ1) is 25.5. The van der Waals surface area contributed by atoms with Crippen molar-refractivity contribution in [1.82, 2.24) is 15.2 Å². The molecule has 5 aromatic rings. The van der Waals surface area contributed by atoms with Gasteiger partial charge in [0.05, 0.1) is 18.8 Å². The molecule has 4 aromatic carbocycles. The minimum atomic E-state index is -2.34. The molecular weight excluding hydrogens is 693 g/mol. The topological polar surface area (TPSA) is 83.9 Å². The van der Waals surface area contributed by atoms with Gasteiger partial charge in [0.15, 0.2) is 29.6 Å². The zero-order valence-corrected chi connectivity index (χ0v) is 29.0. The zero-order valence-electron chi connectivity index (χ0n) is 29.0. The lowest BCUT2D eigenvalue weighted by Crippen LogP contribution is -2.43. The lowest BCUT2D eigenvalue weighted by molar-refractivity contribution is -0.275. The summed E-state index contributed by atoms with van der Waals surface area (Å²) < 4.78 is 82.5. The predicted octanol–water partition coefficient (Wildman–Crippen LogP) is 7.83. The lowest BCUT2D eigenvalue weighted by atomic mass is 9.90. The number of ether oxygens (including phenoxy) is 2. The van der Waals surface area contributed by atoms with Crippen LogP contribution in [0.15, 0.2) is 97.2 Å². The molecule has 0 spiro atoms. The standard InChI is InChI=1S/C41H38F5N3O4/c1-24-32(22-49(2)18-16-31-11-3-4-17-47-31)52-41(53-39(24)27-14-12-25(23-50)13-15-27)30-10-6-9-29(20-30)28-8-5-7-26(19-28)21-48-40(51)33-34(42)36(44)38(46)37(45)35(33)43/h3-15,17,19-20,24,32,39,41,50H,16,18,21-23H2,1-2H3,(H,48,51). The van der Waals surface area contributed by atoms with Crippen LogP contribution in [0.25, 0.3) is 11.1 Å². The van der Waals surface area contributed by atoms with Gasteiger partial charge in [-0.2, -0.15) is 0 Å². The largest absolute Gasteiger partial charge is 0.392 e. The highest BCUT2D eigenvalue weighted by Crippen LogP contribution is 2.42. The van der Waals surface area contributed by atoms with E-state index in [-0.39, 0.29) is 31.3 Å². The molecule has 0 aliphatic carbocycles. The number of nitrogens with one attached hydrogen (secondary N) is 1. The van der Waals surface area contributed by atoms with Crippen LogP contribution in [0.3, 0.4) is 0 Å². The summed E-state index contributed by atoms with van der Waals surface area (Å²) in [5, 5.41) is 11.8. The second kappa shape index (κ2) is 16.8. The van der Waals surface area contributed by atoms with Crippen molar-refractivity contribution in [2.45, 2.75) is 45.0 Å². The number of likely N-dealkylation sites (N-methyl/N-ethyl adjacent to an activating group) is 1. The van der Waals surface area contributed by atoms with Crippen molar-refractivity contribution >= 4 is 5.91 Å². The van der Waals surface area contributed by atoms with Gasteiger partial charge in [-0.05, 0) is 59.1 Å². The number of pyridine rings is 1. The summed E-state index contributed by atoms with van der Waals surface area (Å²) in [6, 6.07) is 28.1. The fraction of sp³-hybridized carbons (Fsp3) is 0.268. The van der Waals surface area contributed by atoms with E-state index in [9.17, 15) is 31.9 Å². The van der Waals surface area contributed by atoms with E-state index in [0.29, 0.717) is 12.1 Å². The van der Waals surface area contributed by atoms with Crippen LogP contribution >= 0.6 is 0 Å². The first kappa shape index (κ1) is 37.7. The Kier molecular flexibility index (Phi) is 11.9. The number of aliphatic hydroxyl groups excluding tert-OH is 1. The second-order valence-corrected chi connectivity index (χ2v) is 13.1. The lowest BCUT2D eigenvalue weighted by Gasteiger charge is -2.42. The molecule has 12 heteroatoms. The van der Waals surface area contributed by atoms with E-state index in [2.05, 4.69) is 22.1 Å². The number of aromatic nitrogens is 1. The highest BCUT2D eigenvalue weighted by Gasteiger charge is 2.39. The summed E-state index contributed by atoms with van der Waals surface area (Å²) in [5.41, 5.74) is 4.01. The molecule has 1 saturated heterocycles. The zero-order chi connectivity index (χ0) is 37.6. The highest BCUT2D eigenvalue weighted by molar-refractivity contribution is 5.94. The minimum Gasteiger partial charge on any atom is -0.392 e. The van der Waals surface area contributed by atoms with Crippen molar-refractivity contribution in [3.63, 3.8) is 0 Å². The van der Waals surface area contributed by atoms with Gasteiger partial charge < -0.3 is 24.8 Å². The predicted molar refractivity (Wildman–Crippen MR) is 188 cm³/mol. The maximum absolute atomic E-state index is 14.2. The van der Waals surface area contributed by atoms with Gasteiger partial charge in [0, 0.05) is 49.4 Å². The number of hydrogen-bond donors (Lipinski definition) is 2. The normalized spacial score (nSPS) is 18.7. The Bertz CT molecular complexity index is 2020. The van der Waals surface area contributed by atoms with Crippen molar-refractivity contribution in [2.24, 2.45) is 5.92 Å². The molecule has 4 atom stereocenters. The van der Waals surface area contributed by atoms with Crippen LogP contribution in [0.2, 0.25) is 0 Å². The third kappa shape index (κ3) is 8.63. The smallest absolute Gasteiger partial charge is 0.257 e. The van der Waals surface area contributed by atoms with E-state index in [1.165, 1.54) is 0 Å². The van der Waals surface area contributed by atoms with Crippen molar-refractivity contribution in [3.8, 4) is 11.1 Å². The molecular formula is C41H38F5N3O4. The molecule has 1 amide bonds. The SMILES string of the molecule is CC1C(CN(C)CCc2ccccn2)OC(c2cccc(-c3cccc(CNC(=O)c4c(F)c(F)c(F)c(F)c4F)c3)c2)OC1c1ccc(CO)cc1. The van der Waals surface area contributed by atoms with E-state index >= 15 is 0 Å². The number of hydrogen-bond acceptors (Lipinski definition) is 6. The number of benzene rings is 4. The van der Waals surface area contributed by atoms with Crippen molar-refractivity contribution in [1.29, 1.82) is 0 Å². The third-order valence-electron chi connectivity index (χ3n) is 9.40. The van der Waals surface area contributed by atoms with Gasteiger partial charge in [0.2, 0.25) is 5.82 Å². The monoisotopic (exact) mass is 731 g/mol. The number of aliphatic hydroxyl groups is 1. The summed E-state index contributed by atoms with van der Waals surface area (Å²) in [4.78, 5) is 19.2. The Labute approximate surface area is 304 Å². The molecule has 0 saturated carbocycles. The molecule has 2 N–H and O–H groups in total. The molecule has 4 unspecified atom stereocenters. The van der Waals surface area contributed by atoms with Gasteiger partial charge in [-0.1, -0.05) is 73.7 Å². The first-order valence-electron chi connectivity index (χ1n) is 17.1. The summed E-state index contributed by atoms with van der Waals surface area (Å²) in [6.07, 6.45) is 1.31. The maximum atomic E-state index is 14.2. The molecule has 1 aliphatic rings. The average Bonchev–Trinajstić information content (AvgIpc) is 3.19. The van der Waals surface area contributed by atoms with Gasteiger partial charge in [0.25, 0.3) is 5.91 Å². The number of carbonyl (C=O) groups is 1. The maximum Gasteiger partial charge on any atom is 0.257 e. The summed E-state index contributed by atoms with van der Waals surface area (Å²) >= 11 is 0. The second-order valence-electron chi connectivity index (χ2n) is 13.1. The highest BCUT2D eigenvalue weighted by atomic mass is 19.2. The third-order valence-corrected chi connectivity index (χ3v) is 9.40. The summed E-state index contributed by atoms with van der Waals surface area (Å²) in [6.45, 7) is 3.20. The van der Waals surface area contributed by atoms with E-state index in [0.717, 1.165) is 46.5 Å². The van der Waals surface area contributed by atoms with Crippen molar-refractivity contribution < 1.29 is 41.3 Å². The van der Waals surface area contributed by atoms with Gasteiger partial charge in [0.1, 0.15) is 5.56 Å². The molecule has 53 heavy (non-hydrogen) atoms. The molecule has 2 heterocycles. The minimum absolute atomic E-state index is 0.0246. The van der Waals surface area contributed by atoms with Crippen LogP contribution in [0, 0.1) is 35.0 Å². The van der Waals surface area contributed by atoms with E-state index in [4.69, 9.17) is 9.47 Å². The van der Waals surface area contributed by atoms with Crippen LogP contribution in [-0.4, -0.2) is 47.1 Å². The van der Waals surface area contributed by atoms with E-state index in [1.807, 2.05) is 79.8 Å². The number of rotatable bonds is 12. The quantitative estimate of drug-likeness (QED) is 0.0774. The van der Waals surface area contributed by atoms with Gasteiger partial charge in [-0.15, -0.1) is 0 Å². The van der Waals surface area contributed by atoms with Crippen molar-refractivity contribution in [3.05, 3.63) is 160 Å². The van der Waals surface area contributed by atoms with Crippen LogP contribution < -0.4 is 5.32 Å². The summed E-state index contributed by atoms with van der Waals surface area (Å²) in [5.74, 6) is -12.6. The molecule has 276 valence electrons. The molecule has 0 radical (unpaired) electrons. The Morgan fingerprint density at radius 1 is 0.792 bits per heavy atom. The molecule has 1 fully saturated rings. The average molecular weight is 732 g/mol. The van der Waals surface area contributed by atoms with Crippen LogP contribution in [-0.2, 0) is 29.0 Å². The Morgan fingerprint density at radius 3 is 2.15 bits per heavy atom. The molecule has 0 bridgehead atoms. The fourth-order valence-corrected chi connectivity index (χ4v) is 6.38. The Morgan fingerprint density at radius 2 is 1.47 bits per heavy atom.